The van der Waals surface area contributed by atoms with Crippen LogP contribution in [0.5, 0.6) is 0 Å². The maximum atomic E-state index is 11.9. The molecule has 0 unspecified atom stereocenters. The van der Waals surface area contributed by atoms with Gasteiger partial charge in [0, 0.05) is 5.41 Å². The second-order valence-electron chi connectivity index (χ2n) is 4.14. The van der Waals surface area contributed by atoms with E-state index < -0.39 is 24.0 Å². The Hall–Kier alpha value is -0.740. The molecule has 1 saturated carbocycles. The Labute approximate surface area is 87.2 Å². The Morgan fingerprint density at radius 2 is 1.87 bits per heavy atom. The first-order chi connectivity index (χ1) is 6.90. The van der Waals surface area contributed by atoms with Crippen molar-refractivity contribution >= 4 is 5.91 Å². The van der Waals surface area contributed by atoms with Crippen LogP contribution in [0, 0.1) is 5.41 Å². The summed E-state index contributed by atoms with van der Waals surface area (Å²) >= 11 is 0. The lowest BCUT2D eigenvalue weighted by Gasteiger charge is -2.26. The van der Waals surface area contributed by atoms with Gasteiger partial charge < -0.3 is 5.32 Å². The summed E-state index contributed by atoms with van der Waals surface area (Å²) < 4.78 is 35.8. The predicted molar refractivity (Wildman–Crippen MR) is 50.3 cm³/mol. The van der Waals surface area contributed by atoms with Crippen molar-refractivity contribution in [1.82, 2.24) is 5.32 Å². The number of nitrogens with one attached hydrogen (secondary N) is 1. The van der Waals surface area contributed by atoms with Gasteiger partial charge in [0.15, 0.2) is 0 Å². The Morgan fingerprint density at radius 3 is 2.27 bits per heavy atom. The topological polar surface area (TPSA) is 29.1 Å². The number of rotatable bonds is 3. The van der Waals surface area contributed by atoms with Crippen LogP contribution in [0.3, 0.4) is 0 Å². The summed E-state index contributed by atoms with van der Waals surface area (Å²) in [6, 6.07) is 0. The normalized spacial score (nSPS) is 20.3. The number of amides is 1. The molecular formula is C10H16F3NO. The van der Waals surface area contributed by atoms with Gasteiger partial charge in [-0.1, -0.05) is 19.8 Å². The molecule has 0 spiro atoms. The molecule has 15 heavy (non-hydrogen) atoms. The number of carbonyl (C=O) groups excluding carboxylic acids is 1. The van der Waals surface area contributed by atoms with Gasteiger partial charge in [0.05, 0.1) is 0 Å². The summed E-state index contributed by atoms with van der Waals surface area (Å²) in [5, 5.41) is 1.99. The molecule has 0 saturated heterocycles. The van der Waals surface area contributed by atoms with Crippen LogP contribution in [0.2, 0.25) is 0 Å². The minimum Gasteiger partial charge on any atom is -0.347 e. The molecule has 0 aromatic heterocycles. The maximum absolute atomic E-state index is 11.9. The first-order valence-corrected chi connectivity index (χ1v) is 5.25. The lowest BCUT2D eigenvalue weighted by molar-refractivity contribution is -0.144. The van der Waals surface area contributed by atoms with Gasteiger partial charge in [-0.05, 0) is 19.3 Å². The van der Waals surface area contributed by atoms with E-state index in [1.165, 1.54) is 0 Å². The van der Waals surface area contributed by atoms with E-state index >= 15 is 0 Å². The average molecular weight is 223 g/mol. The van der Waals surface area contributed by atoms with E-state index in [9.17, 15) is 18.0 Å². The molecule has 2 nitrogen and oxygen atoms in total. The fourth-order valence-electron chi connectivity index (χ4n) is 2.16. The highest BCUT2D eigenvalue weighted by molar-refractivity contribution is 5.82. The average Bonchev–Trinajstić information content (AvgIpc) is 2.62. The number of carbonyl (C=O) groups is 1. The van der Waals surface area contributed by atoms with Crippen LogP contribution < -0.4 is 5.32 Å². The Kier molecular flexibility index (Phi) is 3.62. The summed E-state index contributed by atoms with van der Waals surface area (Å²) in [4.78, 5) is 11.6. The highest BCUT2D eigenvalue weighted by atomic mass is 19.4. The molecular weight excluding hydrogens is 207 g/mol. The van der Waals surface area contributed by atoms with Gasteiger partial charge in [-0.3, -0.25) is 4.79 Å². The van der Waals surface area contributed by atoms with Crippen molar-refractivity contribution < 1.29 is 18.0 Å². The van der Waals surface area contributed by atoms with Crippen molar-refractivity contribution in [2.75, 3.05) is 6.54 Å². The third kappa shape index (κ3) is 3.11. The van der Waals surface area contributed by atoms with Crippen LogP contribution in [0.25, 0.3) is 0 Å². The van der Waals surface area contributed by atoms with E-state index in [1.54, 1.807) is 0 Å². The molecule has 1 amide bonds. The van der Waals surface area contributed by atoms with Crippen LogP contribution in [0.4, 0.5) is 13.2 Å². The minimum absolute atomic E-state index is 0.431. The van der Waals surface area contributed by atoms with Crippen LogP contribution in [-0.4, -0.2) is 18.6 Å². The van der Waals surface area contributed by atoms with Crippen molar-refractivity contribution in [2.45, 2.75) is 45.2 Å². The van der Waals surface area contributed by atoms with E-state index in [0.717, 1.165) is 12.8 Å². The Morgan fingerprint density at radius 1 is 1.33 bits per heavy atom. The molecule has 0 aromatic carbocycles. The molecule has 0 aliphatic heterocycles. The molecule has 1 aliphatic rings. The first-order valence-electron chi connectivity index (χ1n) is 5.25. The number of halogens is 3. The molecule has 1 fully saturated rings. The number of hydrogen-bond acceptors (Lipinski definition) is 1. The molecule has 0 bridgehead atoms. The predicted octanol–water partition coefficient (Wildman–Crippen LogP) is 2.64. The van der Waals surface area contributed by atoms with Crippen LogP contribution in [0.15, 0.2) is 0 Å². The molecule has 1 N–H and O–H groups in total. The van der Waals surface area contributed by atoms with E-state index in [0.29, 0.717) is 19.3 Å². The van der Waals surface area contributed by atoms with Gasteiger partial charge in [-0.2, -0.15) is 13.2 Å². The minimum atomic E-state index is -4.32. The summed E-state index contributed by atoms with van der Waals surface area (Å²) in [7, 11) is 0. The lowest BCUT2D eigenvalue weighted by atomic mass is 9.82. The lowest BCUT2D eigenvalue weighted by Crippen LogP contribution is -2.43. The van der Waals surface area contributed by atoms with Crippen molar-refractivity contribution in [1.29, 1.82) is 0 Å². The van der Waals surface area contributed by atoms with Gasteiger partial charge in [0.1, 0.15) is 6.54 Å². The fourth-order valence-corrected chi connectivity index (χ4v) is 2.16. The van der Waals surface area contributed by atoms with Gasteiger partial charge in [-0.15, -0.1) is 0 Å². The van der Waals surface area contributed by atoms with Crippen molar-refractivity contribution in [2.24, 2.45) is 5.41 Å². The monoisotopic (exact) mass is 223 g/mol. The quantitative estimate of drug-likeness (QED) is 0.783. The molecule has 0 atom stereocenters. The van der Waals surface area contributed by atoms with Crippen molar-refractivity contribution in [3.05, 3.63) is 0 Å². The first kappa shape index (κ1) is 12.3. The molecule has 0 heterocycles. The number of hydrogen-bond donors (Lipinski definition) is 1. The Balaban J connectivity index is 2.51. The molecule has 0 radical (unpaired) electrons. The van der Waals surface area contributed by atoms with Gasteiger partial charge in [-0.25, -0.2) is 0 Å². The summed E-state index contributed by atoms with van der Waals surface area (Å²) in [5.41, 5.74) is -0.536. The largest absolute Gasteiger partial charge is 0.405 e. The highest BCUT2D eigenvalue weighted by Crippen LogP contribution is 2.41. The van der Waals surface area contributed by atoms with Crippen LogP contribution in [0.1, 0.15) is 39.0 Å². The number of alkyl halides is 3. The van der Waals surface area contributed by atoms with Crippen LogP contribution in [-0.2, 0) is 4.79 Å². The third-order valence-corrected chi connectivity index (χ3v) is 3.17. The SMILES string of the molecule is CCC1(C(=O)NCC(F)(F)F)CCCC1. The zero-order valence-corrected chi connectivity index (χ0v) is 8.78. The summed E-state index contributed by atoms with van der Waals surface area (Å²) in [6.07, 6.45) is -0.388. The van der Waals surface area contributed by atoms with Crippen molar-refractivity contribution in [3.8, 4) is 0 Å². The molecule has 88 valence electrons. The smallest absolute Gasteiger partial charge is 0.347 e. The molecule has 1 aliphatic carbocycles. The Bertz CT molecular complexity index is 231. The highest BCUT2D eigenvalue weighted by Gasteiger charge is 2.40. The second kappa shape index (κ2) is 4.41. The van der Waals surface area contributed by atoms with E-state index in [2.05, 4.69) is 0 Å². The zero-order chi connectivity index (χ0) is 11.5. The second-order valence-corrected chi connectivity index (χ2v) is 4.14. The molecule has 0 aromatic rings. The maximum Gasteiger partial charge on any atom is 0.405 e. The van der Waals surface area contributed by atoms with E-state index in [4.69, 9.17) is 0 Å². The van der Waals surface area contributed by atoms with Crippen LogP contribution >= 0.6 is 0 Å². The van der Waals surface area contributed by atoms with E-state index in [-0.39, 0.29) is 0 Å². The standard InChI is InChI=1S/C10H16F3NO/c1-2-9(5-3-4-6-9)8(15)14-7-10(11,12)13/h2-7H2,1H3,(H,14,15). The fraction of sp³-hybridized carbons (Fsp3) is 0.900. The third-order valence-electron chi connectivity index (χ3n) is 3.17. The van der Waals surface area contributed by atoms with Gasteiger partial charge >= 0.3 is 6.18 Å². The molecule has 5 heteroatoms. The van der Waals surface area contributed by atoms with Gasteiger partial charge in [0.25, 0.3) is 0 Å². The van der Waals surface area contributed by atoms with E-state index in [1.807, 2.05) is 12.2 Å². The summed E-state index contributed by atoms with van der Waals surface area (Å²) in [6.45, 7) is 0.645. The summed E-state index contributed by atoms with van der Waals surface area (Å²) in [5.74, 6) is -0.431. The molecule has 1 rings (SSSR count). The van der Waals surface area contributed by atoms with Crippen molar-refractivity contribution in [3.63, 3.8) is 0 Å². The van der Waals surface area contributed by atoms with Gasteiger partial charge in [0.2, 0.25) is 5.91 Å². The zero-order valence-electron chi connectivity index (χ0n) is 8.78.